The molecule has 0 fully saturated rings. The fourth-order valence-electron chi connectivity index (χ4n) is 1.73. The zero-order valence-electron chi connectivity index (χ0n) is 11.9. The lowest BCUT2D eigenvalue weighted by Gasteiger charge is -2.14. The number of rotatable bonds is 7. The van der Waals surface area contributed by atoms with E-state index >= 15 is 0 Å². The summed E-state index contributed by atoms with van der Waals surface area (Å²) in [6.45, 7) is 2.69. The molecule has 19 heavy (non-hydrogen) atoms. The van der Waals surface area contributed by atoms with E-state index in [0.717, 1.165) is 17.7 Å². The molecule has 0 atom stereocenters. The highest BCUT2D eigenvalue weighted by atomic mass is 16.5. The highest BCUT2D eigenvalue weighted by Crippen LogP contribution is 2.32. The van der Waals surface area contributed by atoms with Crippen LogP contribution in [0, 0.1) is 6.92 Å². The molecule has 0 aliphatic rings. The van der Waals surface area contributed by atoms with E-state index in [-0.39, 0.29) is 5.97 Å². The zero-order valence-corrected chi connectivity index (χ0v) is 11.9. The average Bonchev–Trinajstić information content (AvgIpc) is 2.43. The maximum absolute atomic E-state index is 11.0. The van der Waals surface area contributed by atoms with Crippen LogP contribution in [-0.4, -0.2) is 33.8 Å². The van der Waals surface area contributed by atoms with Gasteiger partial charge in [-0.25, -0.2) is 0 Å². The summed E-state index contributed by atoms with van der Waals surface area (Å²) in [5.74, 6) is 1.20. The first-order valence-electron chi connectivity index (χ1n) is 6.15. The van der Waals surface area contributed by atoms with E-state index in [4.69, 9.17) is 9.47 Å². The van der Waals surface area contributed by atoms with Crippen LogP contribution in [0.3, 0.4) is 0 Å². The van der Waals surface area contributed by atoms with Crippen molar-refractivity contribution < 1.29 is 19.0 Å². The van der Waals surface area contributed by atoms with Crippen LogP contribution in [0.15, 0.2) is 12.1 Å². The predicted octanol–water partition coefficient (Wildman–Crippen LogP) is 2.38. The summed E-state index contributed by atoms with van der Waals surface area (Å²) in [6, 6.07) is 3.81. The van der Waals surface area contributed by atoms with Crippen LogP contribution in [0.5, 0.6) is 11.5 Å². The van der Waals surface area contributed by atoms with Gasteiger partial charge in [0.1, 0.15) is 0 Å². The Hall–Kier alpha value is -1.91. The molecule has 0 aromatic heterocycles. The summed E-state index contributed by atoms with van der Waals surface area (Å²) in [5.41, 5.74) is 2.04. The van der Waals surface area contributed by atoms with E-state index in [1.165, 1.54) is 7.11 Å². The number of aryl methyl sites for hydroxylation is 1. The molecular formula is C14H21NO4. The van der Waals surface area contributed by atoms with Gasteiger partial charge in [0.15, 0.2) is 11.5 Å². The van der Waals surface area contributed by atoms with Crippen LogP contribution < -0.4 is 14.8 Å². The van der Waals surface area contributed by atoms with Crippen molar-refractivity contribution in [1.82, 2.24) is 0 Å². The van der Waals surface area contributed by atoms with Crippen molar-refractivity contribution in [1.29, 1.82) is 0 Å². The van der Waals surface area contributed by atoms with E-state index in [9.17, 15) is 4.79 Å². The number of benzene rings is 1. The van der Waals surface area contributed by atoms with Crippen LogP contribution >= 0.6 is 0 Å². The van der Waals surface area contributed by atoms with Crippen LogP contribution in [0.1, 0.15) is 18.4 Å². The third-order valence-electron chi connectivity index (χ3n) is 2.83. The van der Waals surface area contributed by atoms with Crippen molar-refractivity contribution >= 4 is 11.7 Å². The number of ether oxygens (including phenoxy) is 3. The first-order chi connectivity index (χ1) is 9.12. The Morgan fingerprint density at radius 2 is 1.79 bits per heavy atom. The average molecular weight is 267 g/mol. The number of anilines is 1. The molecule has 0 amide bonds. The van der Waals surface area contributed by atoms with Crippen LogP contribution in [0.4, 0.5) is 5.69 Å². The number of carbonyl (C=O) groups excluding carboxylic acids is 1. The third kappa shape index (κ3) is 4.35. The summed E-state index contributed by atoms with van der Waals surface area (Å²) in [6.07, 6.45) is 1.14. The second kappa shape index (κ2) is 7.51. The van der Waals surface area contributed by atoms with E-state index < -0.39 is 0 Å². The van der Waals surface area contributed by atoms with Gasteiger partial charge in [0, 0.05) is 24.7 Å². The molecular weight excluding hydrogens is 246 g/mol. The smallest absolute Gasteiger partial charge is 0.305 e. The molecule has 0 saturated carbocycles. The normalized spacial score (nSPS) is 9.89. The number of nitrogens with one attached hydrogen (secondary N) is 1. The Labute approximate surface area is 113 Å². The topological polar surface area (TPSA) is 56.8 Å². The molecule has 5 nitrogen and oxygen atoms in total. The third-order valence-corrected chi connectivity index (χ3v) is 2.83. The van der Waals surface area contributed by atoms with Gasteiger partial charge in [-0.05, 0) is 25.0 Å². The molecule has 106 valence electrons. The van der Waals surface area contributed by atoms with Crippen molar-refractivity contribution in [3.8, 4) is 11.5 Å². The lowest BCUT2D eigenvalue weighted by atomic mass is 10.1. The largest absolute Gasteiger partial charge is 0.493 e. The van der Waals surface area contributed by atoms with Gasteiger partial charge >= 0.3 is 5.97 Å². The summed E-state index contributed by atoms with van der Waals surface area (Å²) in [7, 11) is 4.61. The summed E-state index contributed by atoms with van der Waals surface area (Å²) >= 11 is 0. The SMILES string of the molecule is COC(=O)CCCNc1cc(OC)c(OC)cc1C. The molecule has 0 saturated heterocycles. The molecule has 1 rings (SSSR count). The Morgan fingerprint density at radius 3 is 2.37 bits per heavy atom. The molecule has 0 heterocycles. The molecule has 0 bridgehead atoms. The fraction of sp³-hybridized carbons (Fsp3) is 0.500. The number of hydrogen-bond acceptors (Lipinski definition) is 5. The number of hydrogen-bond donors (Lipinski definition) is 1. The number of methoxy groups -OCH3 is 3. The lowest BCUT2D eigenvalue weighted by Crippen LogP contribution is -2.07. The quantitative estimate of drug-likeness (QED) is 0.607. The minimum Gasteiger partial charge on any atom is -0.493 e. The Kier molecular flexibility index (Phi) is 5.99. The van der Waals surface area contributed by atoms with Gasteiger partial charge in [0.25, 0.3) is 0 Å². The first-order valence-corrected chi connectivity index (χ1v) is 6.15. The van der Waals surface area contributed by atoms with Gasteiger partial charge in [0.2, 0.25) is 0 Å². The molecule has 1 aromatic carbocycles. The maximum atomic E-state index is 11.0. The molecule has 0 aliphatic carbocycles. The van der Waals surface area contributed by atoms with E-state index in [1.54, 1.807) is 14.2 Å². The minimum atomic E-state index is -0.189. The number of esters is 1. The van der Waals surface area contributed by atoms with Crippen molar-refractivity contribution in [2.75, 3.05) is 33.2 Å². The minimum absolute atomic E-state index is 0.189. The second-order valence-electron chi connectivity index (χ2n) is 4.13. The van der Waals surface area contributed by atoms with Crippen molar-refractivity contribution in [2.24, 2.45) is 0 Å². The Balaban J connectivity index is 2.60. The highest BCUT2D eigenvalue weighted by molar-refractivity contribution is 5.69. The number of carbonyl (C=O) groups is 1. The van der Waals surface area contributed by atoms with Crippen molar-refractivity contribution in [3.63, 3.8) is 0 Å². The van der Waals surface area contributed by atoms with Crippen molar-refractivity contribution in [3.05, 3.63) is 17.7 Å². The van der Waals surface area contributed by atoms with Crippen LogP contribution in [0.25, 0.3) is 0 Å². The van der Waals surface area contributed by atoms with E-state index in [0.29, 0.717) is 24.5 Å². The van der Waals surface area contributed by atoms with Gasteiger partial charge < -0.3 is 19.5 Å². The van der Waals surface area contributed by atoms with Gasteiger partial charge in [-0.15, -0.1) is 0 Å². The maximum Gasteiger partial charge on any atom is 0.305 e. The van der Waals surface area contributed by atoms with Gasteiger partial charge in [0.05, 0.1) is 21.3 Å². The van der Waals surface area contributed by atoms with Gasteiger partial charge in [-0.3, -0.25) is 4.79 Å². The van der Waals surface area contributed by atoms with Gasteiger partial charge in [-0.1, -0.05) is 0 Å². The molecule has 5 heteroatoms. The Morgan fingerprint density at radius 1 is 1.16 bits per heavy atom. The highest BCUT2D eigenvalue weighted by Gasteiger charge is 2.08. The molecule has 0 radical (unpaired) electrons. The summed E-state index contributed by atoms with van der Waals surface area (Å²) in [4.78, 5) is 11.0. The second-order valence-corrected chi connectivity index (χ2v) is 4.13. The van der Waals surface area contributed by atoms with Gasteiger partial charge in [-0.2, -0.15) is 0 Å². The molecule has 0 spiro atoms. The van der Waals surface area contributed by atoms with Crippen LogP contribution in [-0.2, 0) is 9.53 Å². The fourth-order valence-corrected chi connectivity index (χ4v) is 1.73. The lowest BCUT2D eigenvalue weighted by molar-refractivity contribution is -0.140. The molecule has 0 aliphatic heterocycles. The zero-order chi connectivity index (χ0) is 14.3. The molecule has 1 aromatic rings. The Bertz CT molecular complexity index is 432. The van der Waals surface area contributed by atoms with E-state index in [1.807, 2.05) is 19.1 Å². The van der Waals surface area contributed by atoms with Crippen molar-refractivity contribution in [2.45, 2.75) is 19.8 Å². The summed E-state index contributed by atoms with van der Waals surface area (Å²) < 4.78 is 15.1. The monoisotopic (exact) mass is 267 g/mol. The van der Waals surface area contributed by atoms with E-state index in [2.05, 4.69) is 10.1 Å². The van der Waals surface area contributed by atoms with Crippen LogP contribution in [0.2, 0.25) is 0 Å². The molecule has 0 unspecified atom stereocenters. The molecule has 1 N–H and O–H groups in total. The predicted molar refractivity (Wildman–Crippen MR) is 74.0 cm³/mol. The standard InChI is InChI=1S/C14H21NO4/c1-10-8-12(17-2)13(18-3)9-11(10)15-7-5-6-14(16)19-4/h8-9,15H,5-7H2,1-4H3. The first kappa shape index (κ1) is 15.1. The summed E-state index contributed by atoms with van der Waals surface area (Å²) in [5, 5.41) is 3.28.